The first-order valence-electron chi connectivity index (χ1n) is 7.88. The molecular formula is C16H23N5O3. The average Bonchev–Trinajstić information content (AvgIpc) is 2.93. The van der Waals surface area contributed by atoms with Gasteiger partial charge in [0.15, 0.2) is 0 Å². The van der Waals surface area contributed by atoms with Crippen molar-refractivity contribution in [3.05, 3.63) is 12.4 Å². The Balaban J connectivity index is 1.85. The van der Waals surface area contributed by atoms with Crippen molar-refractivity contribution >= 4 is 17.6 Å². The number of hydrogen-bond acceptors (Lipinski definition) is 4. The Morgan fingerprint density at radius 2 is 2.08 bits per heavy atom. The number of anilines is 1. The van der Waals surface area contributed by atoms with Crippen molar-refractivity contribution in [1.82, 2.24) is 20.0 Å². The monoisotopic (exact) mass is 333 g/mol. The van der Waals surface area contributed by atoms with E-state index in [1.165, 1.54) is 10.9 Å². The number of carbonyl (C=O) groups excluding carboxylic acids is 2. The van der Waals surface area contributed by atoms with Gasteiger partial charge in [0.1, 0.15) is 6.54 Å². The Labute approximate surface area is 141 Å². The third-order valence-corrected chi connectivity index (χ3v) is 3.47. The van der Waals surface area contributed by atoms with E-state index in [1.54, 1.807) is 18.0 Å². The number of nitrogens with one attached hydrogen (secondary N) is 2. The molecule has 2 rings (SSSR count). The van der Waals surface area contributed by atoms with E-state index in [4.69, 9.17) is 4.74 Å². The van der Waals surface area contributed by atoms with Crippen molar-refractivity contribution in [2.24, 2.45) is 0 Å². The summed E-state index contributed by atoms with van der Waals surface area (Å²) in [5.41, 5.74) is 0.522. The largest absolute Gasteiger partial charge is 0.372 e. The van der Waals surface area contributed by atoms with Crippen molar-refractivity contribution in [3.63, 3.8) is 0 Å². The van der Waals surface area contributed by atoms with Gasteiger partial charge in [0.05, 0.1) is 30.6 Å². The third kappa shape index (κ3) is 5.28. The summed E-state index contributed by atoms with van der Waals surface area (Å²) in [5.74, 6) is 5.41. The Bertz CT molecular complexity index is 636. The number of morpholine rings is 1. The predicted octanol–water partition coefficient (Wildman–Crippen LogP) is 0.664. The molecular weight excluding hydrogens is 310 g/mol. The molecule has 2 atom stereocenters. The minimum atomic E-state index is -0.362. The van der Waals surface area contributed by atoms with Crippen molar-refractivity contribution in [3.8, 4) is 11.8 Å². The fraction of sp³-hybridized carbons (Fsp3) is 0.562. The molecule has 1 aliphatic heterocycles. The van der Waals surface area contributed by atoms with E-state index in [0.29, 0.717) is 18.8 Å². The molecule has 24 heavy (non-hydrogen) atoms. The maximum absolute atomic E-state index is 12.4. The fourth-order valence-corrected chi connectivity index (χ4v) is 2.52. The molecule has 8 nitrogen and oxygen atoms in total. The Morgan fingerprint density at radius 3 is 2.75 bits per heavy atom. The summed E-state index contributed by atoms with van der Waals surface area (Å²) >= 11 is 0. The van der Waals surface area contributed by atoms with Gasteiger partial charge in [-0.25, -0.2) is 4.79 Å². The van der Waals surface area contributed by atoms with Crippen molar-refractivity contribution in [1.29, 1.82) is 0 Å². The van der Waals surface area contributed by atoms with Gasteiger partial charge in [0.25, 0.3) is 0 Å². The van der Waals surface area contributed by atoms with Gasteiger partial charge in [-0.2, -0.15) is 5.10 Å². The molecule has 0 saturated carbocycles. The third-order valence-electron chi connectivity index (χ3n) is 3.47. The van der Waals surface area contributed by atoms with Gasteiger partial charge < -0.3 is 20.3 Å². The normalized spacial score (nSPS) is 20.0. The lowest BCUT2D eigenvalue weighted by Crippen LogP contribution is -2.49. The van der Waals surface area contributed by atoms with E-state index in [2.05, 4.69) is 27.6 Å². The van der Waals surface area contributed by atoms with Crippen LogP contribution in [0.15, 0.2) is 12.4 Å². The zero-order valence-corrected chi connectivity index (χ0v) is 14.2. The van der Waals surface area contributed by atoms with Gasteiger partial charge in [0.2, 0.25) is 5.91 Å². The second kappa shape index (κ2) is 8.36. The minimum absolute atomic E-state index is 0.0191. The Kier molecular flexibility index (Phi) is 6.21. The van der Waals surface area contributed by atoms with Crippen LogP contribution in [0.25, 0.3) is 0 Å². The Hall–Kier alpha value is -2.53. The molecule has 1 aliphatic rings. The topological polar surface area (TPSA) is 88.5 Å². The predicted molar refractivity (Wildman–Crippen MR) is 89.3 cm³/mol. The first-order valence-corrected chi connectivity index (χ1v) is 7.88. The van der Waals surface area contributed by atoms with Gasteiger partial charge in [-0.3, -0.25) is 9.48 Å². The molecule has 1 saturated heterocycles. The number of hydrogen-bond donors (Lipinski definition) is 2. The van der Waals surface area contributed by atoms with Crippen LogP contribution in [0.3, 0.4) is 0 Å². The highest BCUT2D eigenvalue weighted by Gasteiger charge is 2.25. The summed E-state index contributed by atoms with van der Waals surface area (Å²) in [7, 11) is 0. The van der Waals surface area contributed by atoms with E-state index >= 15 is 0 Å². The first-order chi connectivity index (χ1) is 11.5. The van der Waals surface area contributed by atoms with E-state index in [1.807, 2.05) is 13.8 Å². The lowest BCUT2D eigenvalue weighted by atomic mass is 10.2. The summed E-state index contributed by atoms with van der Waals surface area (Å²) in [4.78, 5) is 25.8. The van der Waals surface area contributed by atoms with Crippen LogP contribution in [0, 0.1) is 11.8 Å². The van der Waals surface area contributed by atoms with E-state index in [9.17, 15) is 9.59 Å². The van der Waals surface area contributed by atoms with Crippen molar-refractivity contribution in [2.45, 2.75) is 39.5 Å². The van der Waals surface area contributed by atoms with E-state index in [-0.39, 0.29) is 37.2 Å². The summed E-state index contributed by atoms with van der Waals surface area (Å²) in [6.07, 6.45) is 3.18. The van der Waals surface area contributed by atoms with Gasteiger partial charge in [-0.1, -0.05) is 5.92 Å². The molecule has 1 aromatic heterocycles. The van der Waals surface area contributed by atoms with Crippen LogP contribution in [0.1, 0.15) is 20.8 Å². The fourth-order valence-electron chi connectivity index (χ4n) is 2.52. The molecule has 0 aromatic carbocycles. The van der Waals surface area contributed by atoms with E-state index in [0.717, 1.165) is 0 Å². The average molecular weight is 333 g/mol. The van der Waals surface area contributed by atoms with Crippen LogP contribution in [-0.2, 0) is 16.1 Å². The Morgan fingerprint density at radius 1 is 1.38 bits per heavy atom. The van der Waals surface area contributed by atoms with Gasteiger partial charge >= 0.3 is 6.03 Å². The number of ether oxygens (including phenoxy) is 1. The molecule has 0 aliphatic carbocycles. The number of amides is 3. The molecule has 3 amide bonds. The van der Waals surface area contributed by atoms with Crippen molar-refractivity contribution in [2.75, 3.05) is 25.0 Å². The van der Waals surface area contributed by atoms with Crippen LogP contribution in [0.5, 0.6) is 0 Å². The maximum Gasteiger partial charge on any atom is 0.320 e. The maximum atomic E-state index is 12.4. The molecule has 0 bridgehead atoms. The highest BCUT2D eigenvalue weighted by atomic mass is 16.5. The van der Waals surface area contributed by atoms with Crippen molar-refractivity contribution < 1.29 is 14.3 Å². The quantitative estimate of drug-likeness (QED) is 0.793. The van der Waals surface area contributed by atoms with Gasteiger partial charge in [0, 0.05) is 19.3 Å². The molecule has 8 heteroatoms. The number of rotatable bonds is 4. The standard InChI is InChI=1S/C16H23N5O3/c1-4-5-6-17-16(23)19-14-7-18-21(10-14)11-15(22)20-8-12(2)24-13(3)9-20/h7,10,12-13H,6,8-9,11H2,1-3H3,(H2,17,19,23). The molecule has 0 radical (unpaired) electrons. The van der Waals surface area contributed by atoms with E-state index < -0.39 is 0 Å². The second-order valence-electron chi connectivity index (χ2n) is 5.72. The molecule has 2 heterocycles. The van der Waals surface area contributed by atoms with Crippen LogP contribution >= 0.6 is 0 Å². The summed E-state index contributed by atoms with van der Waals surface area (Å²) < 4.78 is 7.13. The zero-order valence-electron chi connectivity index (χ0n) is 14.2. The number of urea groups is 1. The SMILES string of the molecule is CC#CCNC(=O)Nc1cnn(CC(=O)N2CC(C)OC(C)C2)c1. The number of nitrogens with zero attached hydrogens (tertiary/aromatic N) is 3. The molecule has 2 unspecified atom stereocenters. The number of carbonyl (C=O) groups is 2. The molecule has 2 N–H and O–H groups in total. The molecule has 130 valence electrons. The van der Waals surface area contributed by atoms with Crippen LogP contribution in [0.2, 0.25) is 0 Å². The molecule has 1 aromatic rings. The van der Waals surface area contributed by atoms with Gasteiger partial charge in [-0.05, 0) is 20.8 Å². The minimum Gasteiger partial charge on any atom is -0.372 e. The summed E-state index contributed by atoms with van der Waals surface area (Å²) in [6, 6.07) is -0.362. The lowest BCUT2D eigenvalue weighted by Gasteiger charge is -2.35. The smallest absolute Gasteiger partial charge is 0.320 e. The van der Waals surface area contributed by atoms with Gasteiger partial charge in [-0.15, -0.1) is 5.92 Å². The van der Waals surface area contributed by atoms with Crippen LogP contribution in [0.4, 0.5) is 10.5 Å². The summed E-state index contributed by atoms with van der Waals surface area (Å²) in [6.45, 7) is 7.18. The molecule has 1 fully saturated rings. The van der Waals surface area contributed by atoms with Crippen LogP contribution in [-0.4, -0.2) is 58.5 Å². The lowest BCUT2D eigenvalue weighted by molar-refractivity contribution is -0.144. The second-order valence-corrected chi connectivity index (χ2v) is 5.72. The highest BCUT2D eigenvalue weighted by molar-refractivity contribution is 5.89. The first kappa shape index (κ1) is 17.8. The molecule has 0 spiro atoms. The zero-order chi connectivity index (χ0) is 17.5. The van der Waals surface area contributed by atoms with Crippen LogP contribution < -0.4 is 10.6 Å². The highest BCUT2D eigenvalue weighted by Crippen LogP contribution is 2.12. The summed E-state index contributed by atoms with van der Waals surface area (Å²) in [5, 5.41) is 9.34. The number of aromatic nitrogens is 2.